The maximum atomic E-state index is 14.6. The molecule has 0 amide bonds. The number of aromatic amines is 1. The summed E-state index contributed by atoms with van der Waals surface area (Å²) in [4.78, 5) is 12.6. The van der Waals surface area contributed by atoms with Gasteiger partial charge in [-0.3, -0.25) is 10.00 Å². The number of benzene rings is 2. The van der Waals surface area contributed by atoms with E-state index in [1.807, 2.05) is 9.67 Å². The van der Waals surface area contributed by atoms with Gasteiger partial charge in [0.2, 0.25) is 11.6 Å². The van der Waals surface area contributed by atoms with E-state index in [-0.39, 0.29) is 40.6 Å². The highest BCUT2D eigenvalue weighted by Gasteiger charge is 2.35. The van der Waals surface area contributed by atoms with Crippen LogP contribution in [0.5, 0.6) is 5.75 Å². The minimum absolute atomic E-state index is 0.00194. The van der Waals surface area contributed by atoms with E-state index in [0.29, 0.717) is 62.9 Å². The lowest BCUT2D eigenvalue weighted by atomic mass is 10.2. The normalized spacial score (nSPS) is 17.3. The molecule has 3 aromatic heterocycles. The summed E-state index contributed by atoms with van der Waals surface area (Å²) >= 11 is 5.82. The Morgan fingerprint density at radius 3 is 2.49 bits per heavy atom. The predicted octanol–water partition coefficient (Wildman–Crippen LogP) is 5.25. The van der Waals surface area contributed by atoms with Crippen LogP contribution in [0.25, 0.3) is 22.7 Å². The van der Waals surface area contributed by atoms with Crippen molar-refractivity contribution in [2.24, 2.45) is 0 Å². The molecule has 2 aliphatic heterocycles. The van der Waals surface area contributed by atoms with Crippen LogP contribution in [0.3, 0.4) is 0 Å². The van der Waals surface area contributed by atoms with Gasteiger partial charge in [-0.15, -0.1) is 10.2 Å². The van der Waals surface area contributed by atoms with E-state index in [1.54, 1.807) is 18.2 Å². The Morgan fingerprint density at radius 2 is 1.79 bits per heavy atom. The molecule has 0 unspecified atom stereocenters. The predicted molar refractivity (Wildman–Crippen MR) is 160 cm³/mol. The van der Waals surface area contributed by atoms with Crippen LogP contribution in [0.2, 0.25) is 5.02 Å². The van der Waals surface area contributed by atoms with Crippen LogP contribution in [0, 0.1) is 11.6 Å². The molecular weight excluding hydrogens is 649 g/mol. The lowest BCUT2D eigenvalue weighted by Gasteiger charge is -2.36. The van der Waals surface area contributed by atoms with Gasteiger partial charge in [-0.05, 0) is 36.8 Å². The average Bonchev–Trinajstić information content (AvgIpc) is 3.65. The molecule has 1 atom stereocenters. The number of fused-ring (bicyclic) bond motifs is 1. The molecule has 246 valence electrons. The molecule has 5 heterocycles. The Bertz CT molecular complexity index is 1900. The molecule has 2 saturated heterocycles. The fourth-order valence-corrected chi connectivity index (χ4v) is 5.65. The molecule has 0 spiro atoms. The minimum Gasteiger partial charge on any atom is -0.486 e. The van der Waals surface area contributed by atoms with E-state index in [9.17, 15) is 22.0 Å². The van der Waals surface area contributed by atoms with Crippen LogP contribution in [0.4, 0.5) is 27.6 Å². The number of piperazine rings is 1. The van der Waals surface area contributed by atoms with Gasteiger partial charge in [-0.1, -0.05) is 17.7 Å². The van der Waals surface area contributed by atoms with E-state index < -0.39 is 23.6 Å². The number of halogens is 6. The number of hydrogen-bond acceptors (Lipinski definition) is 9. The van der Waals surface area contributed by atoms with E-state index in [0.717, 1.165) is 12.1 Å². The summed E-state index contributed by atoms with van der Waals surface area (Å²) in [5, 5.41) is 14.2. The van der Waals surface area contributed by atoms with Gasteiger partial charge in [0.05, 0.1) is 19.2 Å². The van der Waals surface area contributed by atoms with Crippen molar-refractivity contribution in [2.75, 3.05) is 37.7 Å². The minimum atomic E-state index is -4.67. The summed E-state index contributed by atoms with van der Waals surface area (Å²) in [5.74, 6) is -1.79. The summed E-state index contributed by atoms with van der Waals surface area (Å²) in [6.45, 7) is 4.13. The number of hydrogen-bond donors (Lipinski definition) is 1. The second kappa shape index (κ2) is 12.7. The maximum absolute atomic E-state index is 14.6. The van der Waals surface area contributed by atoms with Crippen LogP contribution in [-0.4, -0.2) is 78.7 Å². The third-order valence-corrected chi connectivity index (χ3v) is 8.38. The summed E-state index contributed by atoms with van der Waals surface area (Å²) in [5.41, 5.74) is 2.05. The van der Waals surface area contributed by atoms with Crippen molar-refractivity contribution in [2.45, 2.75) is 38.4 Å². The first kappa shape index (κ1) is 31.2. The first-order valence-electron chi connectivity index (χ1n) is 14.8. The van der Waals surface area contributed by atoms with E-state index >= 15 is 0 Å². The van der Waals surface area contributed by atoms with Gasteiger partial charge >= 0.3 is 6.18 Å². The van der Waals surface area contributed by atoms with Crippen molar-refractivity contribution in [3.63, 3.8) is 0 Å². The lowest BCUT2D eigenvalue weighted by molar-refractivity contribution is -0.144. The summed E-state index contributed by atoms with van der Waals surface area (Å²) in [7, 11) is 0. The standard InChI is InChI=1S/C30H27ClF5N9O2/c31-18-2-1-17(22(33)11-18)16-47-25-12-19(3-4-21(25)32)44-8-6-43(7-9-44)15-26-37-24-13-23(27-38-29(42-40-27)30(34,35)36)39-41-28(24)45(26)14-20-5-10-46-20/h1-4,11-13,20H,5-10,14-16H2,(H,38,40,42)/t20-/m0/s1. The monoisotopic (exact) mass is 675 g/mol. The molecule has 0 aliphatic carbocycles. The summed E-state index contributed by atoms with van der Waals surface area (Å²) in [6, 6.07) is 10.4. The second-order valence-corrected chi connectivity index (χ2v) is 11.7. The van der Waals surface area contributed by atoms with E-state index in [4.69, 9.17) is 26.1 Å². The highest BCUT2D eigenvalue weighted by atomic mass is 35.5. The number of anilines is 1. The number of H-pyrrole nitrogens is 1. The number of nitrogens with one attached hydrogen (secondary N) is 1. The Balaban J connectivity index is 1.04. The van der Waals surface area contributed by atoms with Crippen molar-refractivity contribution in [3.05, 3.63) is 76.3 Å². The molecule has 17 heteroatoms. The maximum Gasteiger partial charge on any atom is 0.451 e. The fraction of sp³-hybridized carbons (Fsp3) is 0.367. The Kier molecular flexibility index (Phi) is 8.40. The first-order valence-corrected chi connectivity index (χ1v) is 15.2. The van der Waals surface area contributed by atoms with Gasteiger partial charge in [-0.25, -0.2) is 18.7 Å². The topological polar surface area (TPSA) is 110 Å². The zero-order valence-corrected chi connectivity index (χ0v) is 25.4. The van der Waals surface area contributed by atoms with Gasteiger partial charge in [0.1, 0.15) is 29.5 Å². The molecular formula is C30H27ClF5N9O2. The molecule has 0 radical (unpaired) electrons. The second-order valence-electron chi connectivity index (χ2n) is 11.3. The average molecular weight is 676 g/mol. The molecule has 11 nitrogen and oxygen atoms in total. The summed E-state index contributed by atoms with van der Waals surface area (Å²) < 4.78 is 81.1. The zero-order chi connectivity index (χ0) is 32.7. The van der Waals surface area contributed by atoms with Crippen LogP contribution < -0.4 is 9.64 Å². The van der Waals surface area contributed by atoms with Gasteiger partial charge in [-0.2, -0.15) is 18.3 Å². The van der Waals surface area contributed by atoms with Crippen LogP contribution in [0.1, 0.15) is 23.6 Å². The summed E-state index contributed by atoms with van der Waals surface area (Å²) in [6.07, 6.45) is -3.79. The number of ether oxygens (including phenoxy) is 2. The van der Waals surface area contributed by atoms with Crippen molar-refractivity contribution in [1.29, 1.82) is 0 Å². The van der Waals surface area contributed by atoms with Crippen molar-refractivity contribution >= 4 is 28.5 Å². The third-order valence-electron chi connectivity index (χ3n) is 8.15. The quantitative estimate of drug-likeness (QED) is 0.210. The third kappa shape index (κ3) is 6.71. The van der Waals surface area contributed by atoms with Crippen molar-refractivity contribution < 1.29 is 31.4 Å². The first-order chi connectivity index (χ1) is 22.6. The smallest absolute Gasteiger partial charge is 0.451 e. The molecule has 1 N–H and O–H groups in total. The lowest BCUT2D eigenvalue weighted by Crippen LogP contribution is -2.46. The van der Waals surface area contributed by atoms with Gasteiger partial charge < -0.3 is 18.9 Å². The van der Waals surface area contributed by atoms with Gasteiger partial charge in [0, 0.05) is 55.1 Å². The molecule has 7 rings (SSSR count). The van der Waals surface area contributed by atoms with Crippen LogP contribution >= 0.6 is 11.6 Å². The molecule has 0 bridgehead atoms. The zero-order valence-electron chi connectivity index (χ0n) is 24.6. The largest absolute Gasteiger partial charge is 0.486 e. The number of alkyl halides is 3. The van der Waals surface area contributed by atoms with Gasteiger partial charge in [0.15, 0.2) is 17.2 Å². The van der Waals surface area contributed by atoms with E-state index in [1.165, 1.54) is 24.3 Å². The fourth-order valence-electron chi connectivity index (χ4n) is 5.49. The van der Waals surface area contributed by atoms with Crippen LogP contribution in [0.15, 0.2) is 42.5 Å². The molecule has 0 saturated carbocycles. The van der Waals surface area contributed by atoms with Crippen molar-refractivity contribution in [1.82, 2.24) is 39.8 Å². The number of imidazole rings is 1. The molecule has 2 aliphatic rings. The number of rotatable bonds is 9. The highest BCUT2D eigenvalue weighted by Crippen LogP contribution is 2.30. The van der Waals surface area contributed by atoms with Crippen molar-refractivity contribution in [3.8, 4) is 17.3 Å². The SMILES string of the molecule is Fc1cc(Cl)ccc1COc1cc(N2CCN(Cc3nc4cc(-c5n[nH]c(C(F)(F)F)n5)nnc4n3C[C@@H]3CCO3)CC2)ccc1F. The molecule has 47 heavy (non-hydrogen) atoms. The Labute approximate surface area is 269 Å². The number of aromatic nitrogens is 7. The molecule has 5 aromatic rings. The number of nitrogens with zero attached hydrogens (tertiary/aromatic N) is 8. The molecule has 2 fully saturated rings. The van der Waals surface area contributed by atoms with E-state index in [2.05, 4.69) is 30.1 Å². The van der Waals surface area contributed by atoms with Crippen LogP contribution in [-0.2, 0) is 30.6 Å². The van der Waals surface area contributed by atoms with Gasteiger partial charge in [0.25, 0.3) is 0 Å². The Hall–Kier alpha value is -4.41. The molecule has 2 aromatic carbocycles. The highest BCUT2D eigenvalue weighted by molar-refractivity contribution is 6.30. The Morgan fingerprint density at radius 1 is 0.979 bits per heavy atom.